The molecule has 0 saturated heterocycles. The van der Waals surface area contributed by atoms with Crippen molar-refractivity contribution in [2.45, 2.75) is 19.8 Å². The van der Waals surface area contributed by atoms with Crippen molar-refractivity contribution < 1.29 is 5.11 Å². The Kier molecular flexibility index (Phi) is 3.70. The summed E-state index contributed by atoms with van der Waals surface area (Å²) < 4.78 is 0. The minimum atomic E-state index is 0.174. The summed E-state index contributed by atoms with van der Waals surface area (Å²) in [4.78, 5) is 4.48. The quantitative estimate of drug-likeness (QED) is 0.880. The van der Waals surface area contributed by atoms with E-state index in [1.165, 1.54) is 11.1 Å². The fourth-order valence-corrected chi connectivity index (χ4v) is 2.52. The van der Waals surface area contributed by atoms with Crippen LogP contribution in [0, 0.1) is 6.92 Å². The van der Waals surface area contributed by atoms with E-state index in [1.807, 2.05) is 5.38 Å². The van der Waals surface area contributed by atoms with Gasteiger partial charge in [0, 0.05) is 24.8 Å². The molecule has 1 aromatic carbocycles. The van der Waals surface area contributed by atoms with Crippen molar-refractivity contribution in [2.75, 3.05) is 6.61 Å². The Labute approximate surface area is 99.6 Å². The summed E-state index contributed by atoms with van der Waals surface area (Å²) in [6.45, 7) is 2.27. The Morgan fingerprint density at radius 3 is 3.00 bits per heavy atom. The number of nitrogens with zero attached hydrogens (tertiary/aromatic N) is 1. The minimum Gasteiger partial charge on any atom is -0.396 e. The third-order valence-corrected chi connectivity index (χ3v) is 3.30. The standard InChI is InChI=1S/C13H15NOS/c1-10-3-2-4-11(7-10)8-13-14-12(5-6-15)9-16-13/h2-4,7,9,15H,5-6,8H2,1H3. The van der Waals surface area contributed by atoms with Crippen LogP contribution in [-0.2, 0) is 12.8 Å². The van der Waals surface area contributed by atoms with E-state index in [9.17, 15) is 0 Å². The number of hydrogen-bond acceptors (Lipinski definition) is 3. The average molecular weight is 233 g/mol. The van der Waals surface area contributed by atoms with Crippen molar-refractivity contribution >= 4 is 11.3 Å². The zero-order valence-corrected chi connectivity index (χ0v) is 10.1. The van der Waals surface area contributed by atoms with Gasteiger partial charge in [0.1, 0.15) is 0 Å². The van der Waals surface area contributed by atoms with Crippen LogP contribution in [0.3, 0.4) is 0 Å². The van der Waals surface area contributed by atoms with Gasteiger partial charge in [-0.15, -0.1) is 11.3 Å². The first-order chi connectivity index (χ1) is 7.78. The Morgan fingerprint density at radius 2 is 2.25 bits per heavy atom. The second-order valence-corrected chi connectivity index (χ2v) is 4.81. The number of aliphatic hydroxyl groups excluding tert-OH is 1. The highest BCUT2D eigenvalue weighted by Crippen LogP contribution is 2.15. The summed E-state index contributed by atoms with van der Waals surface area (Å²) in [5, 5.41) is 12.0. The van der Waals surface area contributed by atoms with Gasteiger partial charge in [-0.05, 0) is 12.5 Å². The molecule has 1 heterocycles. The average Bonchev–Trinajstić information content (AvgIpc) is 2.66. The van der Waals surface area contributed by atoms with Crippen LogP contribution in [0.1, 0.15) is 21.8 Å². The fourth-order valence-electron chi connectivity index (χ4n) is 1.66. The number of aromatic nitrogens is 1. The largest absolute Gasteiger partial charge is 0.396 e. The molecule has 0 aliphatic heterocycles. The van der Waals surface area contributed by atoms with Crippen LogP contribution >= 0.6 is 11.3 Å². The lowest BCUT2D eigenvalue weighted by molar-refractivity contribution is 0.298. The number of aliphatic hydroxyl groups is 1. The van der Waals surface area contributed by atoms with Crippen molar-refractivity contribution in [1.29, 1.82) is 0 Å². The van der Waals surface area contributed by atoms with Gasteiger partial charge in [-0.25, -0.2) is 4.98 Å². The normalized spacial score (nSPS) is 10.6. The van der Waals surface area contributed by atoms with Crippen LogP contribution in [0.15, 0.2) is 29.6 Å². The zero-order valence-electron chi connectivity index (χ0n) is 9.31. The molecular formula is C13H15NOS. The van der Waals surface area contributed by atoms with Crippen LogP contribution in [0.4, 0.5) is 0 Å². The summed E-state index contributed by atoms with van der Waals surface area (Å²) >= 11 is 1.67. The van der Waals surface area contributed by atoms with Gasteiger partial charge in [-0.3, -0.25) is 0 Å². The number of rotatable bonds is 4. The highest BCUT2D eigenvalue weighted by atomic mass is 32.1. The van der Waals surface area contributed by atoms with Crippen LogP contribution < -0.4 is 0 Å². The number of aryl methyl sites for hydroxylation is 1. The van der Waals surface area contributed by atoms with Gasteiger partial charge in [0.25, 0.3) is 0 Å². The van der Waals surface area contributed by atoms with Crippen molar-refractivity contribution in [2.24, 2.45) is 0 Å². The van der Waals surface area contributed by atoms with E-state index in [0.717, 1.165) is 17.1 Å². The topological polar surface area (TPSA) is 33.1 Å². The molecule has 84 valence electrons. The molecule has 0 aliphatic carbocycles. The first-order valence-electron chi connectivity index (χ1n) is 5.37. The van der Waals surface area contributed by atoms with Gasteiger partial charge in [0.15, 0.2) is 0 Å². The molecule has 0 spiro atoms. The highest BCUT2D eigenvalue weighted by molar-refractivity contribution is 7.09. The predicted molar refractivity (Wildman–Crippen MR) is 66.9 cm³/mol. The maximum atomic E-state index is 8.82. The van der Waals surface area contributed by atoms with E-state index in [-0.39, 0.29) is 6.61 Å². The lowest BCUT2D eigenvalue weighted by Gasteiger charge is -1.99. The molecule has 0 atom stereocenters. The van der Waals surface area contributed by atoms with Crippen molar-refractivity contribution in [3.63, 3.8) is 0 Å². The Morgan fingerprint density at radius 1 is 1.38 bits per heavy atom. The van der Waals surface area contributed by atoms with Crippen LogP contribution in [0.2, 0.25) is 0 Å². The van der Waals surface area contributed by atoms with Gasteiger partial charge in [0.2, 0.25) is 0 Å². The summed E-state index contributed by atoms with van der Waals surface area (Å²) in [5.74, 6) is 0. The molecule has 0 radical (unpaired) electrons. The maximum absolute atomic E-state index is 8.82. The molecule has 1 aromatic heterocycles. The van der Waals surface area contributed by atoms with Crippen molar-refractivity contribution in [1.82, 2.24) is 4.98 Å². The fraction of sp³-hybridized carbons (Fsp3) is 0.308. The highest BCUT2D eigenvalue weighted by Gasteiger charge is 2.03. The lowest BCUT2D eigenvalue weighted by Crippen LogP contribution is -1.92. The van der Waals surface area contributed by atoms with E-state index < -0.39 is 0 Å². The Bertz CT molecular complexity index is 464. The molecular weight excluding hydrogens is 218 g/mol. The van der Waals surface area contributed by atoms with E-state index in [2.05, 4.69) is 36.2 Å². The summed E-state index contributed by atoms with van der Waals surface area (Å²) in [7, 11) is 0. The van der Waals surface area contributed by atoms with E-state index in [1.54, 1.807) is 11.3 Å². The van der Waals surface area contributed by atoms with Gasteiger partial charge >= 0.3 is 0 Å². The van der Waals surface area contributed by atoms with Gasteiger partial charge in [-0.1, -0.05) is 29.8 Å². The smallest absolute Gasteiger partial charge is 0.0972 e. The first kappa shape index (κ1) is 11.3. The molecule has 0 bridgehead atoms. The number of benzene rings is 1. The van der Waals surface area contributed by atoms with Crippen LogP contribution in [0.25, 0.3) is 0 Å². The Hall–Kier alpha value is -1.19. The molecule has 16 heavy (non-hydrogen) atoms. The molecule has 0 amide bonds. The van der Waals surface area contributed by atoms with Gasteiger partial charge in [-0.2, -0.15) is 0 Å². The van der Waals surface area contributed by atoms with Crippen LogP contribution in [-0.4, -0.2) is 16.7 Å². The van der Waals surface area contributed by atoms with Gasteiger partial charge < -0.3 is 5.11 Å². The molecule has 0 fully saturated rings. The third kappa shape index (κ3) is 2.90. The zero-order chi connectivity index (χ0) is 11.4. The van der Waals surface area contributed by atoms with Crippen molar-refractivity contribution in [3.8, 4) is 0 Å². The van der Waals surface area contributed by atoms with Crippen LogP contribution in [0.5, 0.6) is 0 Å². The molecule has 3 heteroatoms. The molecule has 2 rings (SSSR count). The monoisotopic (exact) mass is 233 g/mol. The molecule has 0 unspecified atom stereocenters. The van der Waals surface area contributed by atoms with Crippen molar-refractivity contribution in [3.05, 3.63) is 51.5 Å². The third-order valence-electron chi connectivity index (χ3n) is 2.41. The Balaban J connectivity index is 2.08. The summed E-state index contributed by atoms with van der Waals surface area (Å²) in [5.41, 5.74) is 3.57. The summed E-state index contributed by atoms with van der Waals surface area (Å²) in [6, 6.07) is 8.49. The minimum absolute atomic E-state index is 0.174. The first-order valence-corrected chi connectivity index (χ1v) is 6.25. The number of thiazole rings is 1. The SMILES string of the molecule is Cc1cccc(Cc2nc(CCO)cs2)c1. The van der Waals surface area contributed by atoms with E-state index >= 15 is 0 Å². The predicted octanol–water partition coefficient (Wildman–Crippen LogP) is 2.58. The maximum Gasteiger partial charge on any atom is 0.0972 e. The molecule has 0 aliphatic rings. The van der Waals surface area contributed by atoms with E-state index in [0.29, 0.717) is 6.42 Å². The van der Waals surface area contributed by atoms with Gasteiger partial charge in [0.05, 0.1) is 10.7 Å². The molecule has 1 N–H and O–H groups in total. The lowest BCUT2D eigenvalue weighted by atomic mass is 10.1. The van der Waals surface area contributed by atoms with E-state index in [4.69, 9.17) is 5.11 Å². The second-order valence-electron chi connectivity index (χ2n) is 3.87. The second kappa shape index (κ2) is 5.23. The number of hydrogen-bond donors (Lipinski definition) is 1. The molecule has 2 aromatic rings. The summed E-state index contributed by atoms with van der Waals surface area (Å²) in [6.07, 6.45) is 1.54. The molecule has 2 nitrogen and oxygen atoms in total. The molecule has 0 saturated carbocycles.